The summed E-state index contributed by atoms with van der Waals surface area (Å²) in [5, 5.41) is 8.35. The minimum atomic E-state index is -0.614. The van der Waals surface area contributed by atoms with E-state index in [0.717, 1.165) is 12.8 Å². The molecule has 0 aromatic heterocycles. The molecule has 1 saturated carbocycles. The Hall–Kier alpha value is -2.09. The van der Waals surface area contributed by atoms with Gasteiger partial charge >= 0.3 is 5.97 Å². The average Bonchev–Trinajstić information content (AvgIpc) is 3.61. The summed E-state index contributed by atoms with van der Waals surface area (Å²) in [6.07, 6.45) is 7.21. The summed E-state index contributed by atoms with van der Waals surface area (Å²) in [7, 11) is 0. The molecule has 30 heavy (non-hydrogen) atoms. The first-order valence-electron chi connectivity index (χ1n) is 11.8. The van der Waals surface area contributed by atoms with Crippen LogP contribution >= 0.6 is 0 Å². The van der Waals surface area contributed by atoms with E-state index in [9.17, 15) is 4.79 Å². The van der Waals surface area contributed by atoms with E-state index in [1.54, 1.807) is 0 Å². The predicted octanol–water partition coefficient (Wildman–Crippen LogP) is 8.57. The highest BCUT2D eigenvalue weighted by Gasteiger charge is 2.41. The van der Waals surface area contributed by atoms with Gasteiger partial charge in [0.2, 0.25) is 0 Å². The molecule has 0 spiro atoms. The lowest BCUT2D eigenvalue weighted by Gasteiger charge is -2.11. The smallest absolute Gasteiger partial charge is 0.306 e. The summed E-state index contributed by atoms with van der Waals surface area (Å²) < 4.78 is 0. The van der Waals surface area contributed by atoms with E-state index in [0.29, 0.717) is 11.8 Å². The van der Waals surface area contributed by atoms with E-state index in [1.165, 1.54) is 36.8 Å². The van der Waals surface area contributed by atoms with Gasteiger partial charge in [0.15, 0.2) is 0 Å². The maximum absolute atomic E-state index is 10.1. The third kappa shape index (κ3) is 12.5. The standard InChI is InChI=1S/C14H14.C6H10O2.2C4H10/c1-12(13-8-4-2-5-9-13)14-10-6-3-7-11-14;1-2-4-3-5(4)6(7)8;2*1-3-4-2/h2-12H,1H3;4-5H,2-3H2,1H3,(H,7,8);2*3-4H2,1-2H3. The van der Waals surface area contributed by atoms with Crippen molar-refractivity contribution in [2.24, 2.45) is 11.8 Å². The topological polar surface area (TPSA) is 37.3 Å². The van der Waals surface area contributed by atoms with Gasteiger partial charge in [0.05, 0.1) is 5.92 Å². The molecule has 3 rings (SSSR count). The molecule has 2 atom stereocenters. The zero-order valence-electron chi connectivity index (χ0n) is 20.1. The van der Waals surface area contributed by atoms with Gasteiger partial charge in [-0.1, -0.05) is 134 Å². The first-order valence-corrected chi connectivity index (χ1v) is 11.8. The molecule has 2 heteroatoms. The van der Waals surface area contributed by atoms with Crippen molar-refractivity contribution < 1.29 is 9.90 Å². The zero-order chi connectivity index (χ0) is 22.8. The SMILES string of the molecule is CC(c1ccccc1)c1ccccc1.CCC1CC1C(=O)O.CCCC.CCCC. The number of aliphatic carboxylic acids is 1. The molecule has 1 aliphatic rings. The van der Waals surface area contributed by atoms with Gasteiger partial charge < -0.3 is 5.11 Å². The number of rotatable bonds is 6. The Bertz CT molecular complexity index is 589. The zero-order valence-corrected chi connectivity index (χ0v) is 20.1. The van der Waals surface area contributed by atoms with Crippen molar-refractivity contribution >= 4 is 5.97 Å². The normalized spacial score (nSPS) is 16.1. The third-order valence-electron chi connectivity index (χ3n) is 5.36. The molecule has 0 saturated heterocycles. The molecule has 2 aromatic carbocycles. The van der Waals surface area contributed by atoms with E-state index < -0.39 is 5.97 Å². The van der Waals surface area contributed by atoms with Crippen LogP contribution in [0.1, 0.15) is 97.1 Å². The number of carboxylic acids is 1. The molecule has 1 fully saturated rings. The second kappa shape index (κ2) is 17.7. The Morgan fingerprint density at radius 1 is 0.800 bits per heavy atom. The first kappa shape index (κ1) is 27.9. The van der Waals surface area contributed by atoms with Crippen LogP contribution in [0, 0.1) is 11.8 Å². The van der Waals surface area contributed by atoms with Crippen molar-refractivity contribution in [3.8, 4) is 0 Å². The maximum atomic E-state index is 10.1. The molecule has 0 amide bonds. The fraction of sp³-hybridized carbons (Fsp3) is 0.536. The number of hydrogen-bond acceptors (Lipinski definition) is 1. The first-order chi connectivity index (χ1) is 14.5. The fourth-order valence-corrected chi connectivity index (χ4v) is 2.68. The van der Waals surface area contributed by atoms with Gasteiger partial charge in [-0.3, -0.25) is 4.79 Å². The molecule has 1 N–H and O–H groups in total. The van der Waals surface area contributed by atoms with Crippen molar-refractivity contribution in [2.45, 2.75) is 86.0 Å². The fourth-order valence-electron chi connectivity index (χ4n) is 2.68. The van der Waals surface area contributed by atoms with Crippen molar-refractivity contribution in [2.75, 3.05) is 0 Å². The summed E-state index contributed by atoms with van der Waals surface area (Å²) >= 11 is 0. The number of unbranched alkanes of at least 4 members (excludes halogenated alkanes) is 2. The largest absolute Gasteiger partial charge is 0.481 e. The highest BCUT2D eigenvalue weighted by Crippen LogP contribution is 2.40. The summed E-state index contributed by atoms with van der Waals surface area (Å²) in [5.41, 5.74) is 2.75. The van der Waals surface area contributed by atoms with E-state index in [-0.39, 0.29) is 5.92 Å². The highest BCUT2D eigenvalue weighted by molar-refractivity contribution is 5.73. The predicted molar refractivity (Wildman–Crippen MR) is 131 cm³/mol. The lowest BCUT2D eigenvalue weighted by molar-refractivity contribution is -0.138. The van der Waals surface area contributed by atoms with E-state index >= 15 is 0 Å². The molecule has 0 heterocycles. The van der Waals surface area contributed by atoms with Crippen molar-refractivity contribution in [1.82, 2.24) is 0 Å². The van der Waals surface area contributed by atoms with Gasteiger partial charge in [-0.05, 0) is 23.5 Å². The highest BCUT2D eigenvalue weighted by atomic mass is 16.4. The van der Waals surface area contributed by atoms with Gasteiger partial charge in [-0.25, -0.2) is 0 Å². The number of carbonyl (C=O) groups is 1. The molecule has 0 radical (unpaired) electrons. The van der Waals surface area contributed by atoms with Crippen LogP contribution in [0.5, 0.6) is 0 Å². The van der Waals surface area contributed by atoms with Crippen LogP contribution in [0.2, 0.25) is 0 Å². The van der Waals surface area contributed by atoms with Crippen molar-refractivity contribution in [1.29, 1.82) is 0 Å². The van der Waals surface area contributed by atoms with Gasteiger partial charge in [0.1, 0.15) is 0 Å². The van der Waals surface area contributed by atoms with Crippen molar-refractivity contribution in [3.05, 3.63) is 71.8 Å². The molecule has 2 aromatic rings. The minimum Gasteiger partial charge on any atom is -0.481 e. The summed E-state index contributed by atoms with van der Waals surface area (Å²) in [6, 6.07) is 21.2. The maximum Gasteiger partial charge on any atom is 0.306 e. The molecule has 2 nitrogen and oxygen atoms in total. The Morgan fingerprint density at radius 2 is 1.17 bits per heavy atom. The Labute approximate surface area is 185 Å². The Kier molecular flexibility index (Phi) is 16.5. The van der Waals surface area contributed by atoms with E-state index in [2.05, 4.69) is 95.3 Å². The Balaban J connectivity index is 0.000000444. The third-order valence-corrected chi connectivity index (χ3v) is 5.36. The molecule has 1 aliphatic carbocycles. The summed E-state index contributed by atoms with van der Waals surface area (Å²) in [5.74, 6) is 0.363. The van der Waals surface area contributed by atoms with Gasteiger partial charge in [0, 0.05) is 5.92 Å². The number of carboxylic acid groups (broad SMARTS) is 1. The molecule has 0 bridgehead atoms. The number of hydrogen-bond donors (Lipinski definition) is 1. The lowest BCUT2D eigenvalue weighted by atomic mass is 9.93. The number of benzene rings is 2. The van der Waals surface area contributed by atoms with E-state index in [4.69, 9.17) is 5.11 Å². The van der Waals surface area contributed by atoms with Gasteiger partial charge in [-0.15, -0.1) is 0 Å². The van der Waals surface area contributed by atoms with Gasteiger partial charge in [-0.2, -0.15) is 0 Å². The van der Waals surface area contributed by atoms with Crippen LogP contribution in [0.4, 0.5) is 0 Å². The van der Waals surface area contributed by atoms with Crippen LogP contribution in [-0.2, 0) is 4.79 Å². The Morgan fingerprint density at radius 3 is 1.37 bits per heavy atom. The summed E-state index contributed by atoms with van der Waals surface area (Å²) in [4.78, 5) is 10.1. The molecular weight excluding hydrogens is 368 g/mol. The van der Waals surface area contributed by atoms with Crippen molar-refractivity contribution in [3.63, 3.8) is 0 Å². The second-order valence-electron chi connectivity index (χ2n) is 7.89. The van der Waals surface area contributed by atoms with Crippen LogP contribution in [-0.4, -0.2) is 11.1 Å². The van der Waals surface area contributed by atoms with Crippen LogP contribution in [0.15, 0.2) is 60.7 Å². The minimum absolute atomic E-state index is 0.000000000000000222. The van der Waals surface area contributed by atoms with Crippen LogP contribution in [0.25, 0.3) is 0 Å². The van der Waals surface area contributed by atoms with Crippen LogP contribution in [0.3, 0.4) is 0 Å². The van der Waals surface area contributed by atoms with Gasteiger partial charge in [0.25, 0.3) is 0 Å². The molecular formula is C28H44O2. The molecule has 168 valence electrons. The average molecular weight is 413 g/mol. The molecule has 2 unspecified atom stereocenters. The summed E-state index contributed by atoms with van der Waals surface area (Å²) in [6.45, 7) is 13.0. The molecule has 0 aliphatic heterocycles. The lowest BCUT2D eigenvalue weighted by Crippen LogP contribution is -1.98. The van der Waals surface area contributed by atoms with E-state index in [1.807, 2.05) is 6.92 Å². The quantitative estimate of drug-likeness (QED) is 0.516. The van der Waals surface area contributed by atoms with Crippen LogP contribution < -0.4 is 0 Å². The monoisotopic (exact) mass is 412 g/mol. The second-order valence-corrected chi connectivity index (χ2v) is 7.89.